The Hall–Kier alpha value is -2.65. The van der Waals surface area contributed by atoms with Crippen molar-refractivity contribution < 1.29 is 51.9 Å². The number of nitrogens with two attached hydrogens (primary N) is 1. The number of hydrogen-bond acceptors (Lipinski definition) is 14. The molecule has 2 aromatic rings. The zero-order valence-corrected chi connectivity index (χ0v) is 20.7. The quantitative estimate of drug-likeness (QED) is 0.165. The highest BCUT2D eigenvalue weighted by molar-refractivity contribution is 7.62. The summed E-state index contributed by atoms with van der Waals surface area (Å²) < 4.78 is 48.9. The van der Waals surface area contributed by atoms with Crippen molar-refractivity contribution in [2.45, 2.75) is 31.0 Å². The van der Waals surface area contributed by atoms with E-state index in [1.54, 1.807) is 18.2 Å². The fourth-order valence-corrected chi connectivity index (χ4v) is 5.85. The highest BCUT2D eigenvalue weighted by atomic mass is 31.3. The van der Waals surface area contributed by atoms with E-state index in [1.807, 2.05) is 4.98 Å². The normalized spacial score (nSPS) is 24.6. The van der Waals surface area contributed by atoms with Crippen LogP contribution in [0, 0.1) is 0 Å². The number of phosphoric acid groups is 1. The zero-order chi connectivity index (χ0) is 27.2. The van der Waals surface area contributed by atoms with Crippen LogP contribution in [0.25, 0.3) is 0 Å². The van der Waals surface area contributed by atoms with Gasteiger partial charge >= 0.3 is 11.8 Å². The molecule has 6 atom stereocenters. The standard InChI is InChI=1S/C19H25N3O13P2/c20-8-4-10-36(27,28)35-37(29,30)31-11-13-15(24)16(34-19(26)32-12-5-2-1-3-6-12)17(33-13)22-9-7-14(23)21-18(22)25/h1-3,5-7,9,13,15-17,24H,4,8,10-11,20H2,(H,27,28)(H,29,30)(H,21,23,25)/p-2/t13-,15?,16+,17-/m1/s1. The van der Waals surface area contributed by atoms with E-state index in [1.165, 1.54) is 12.1 Å². The summed E-state index contributed by atoms with van der Waals surface area (Å²) in [5.41, 5.74) is 3.45. The highest BCUT2D eigenvalue weighted by Gasteiger charge is 2.48. The molecule has 3 unspecified atom stereocenters. The molecular weight excluding hydrogens is 540 g/mol. The number of carbonyl (C=O) groups is 1. The van der Waals surface area contributed by atoms with Crippen molar-refractivity contribution in [3.8, 4) is 5.75 Å². The van der Waals surface area contributed by atoms with Gasteiger partial charge in [0.2, 0.25) is 0 Å². The van der Waals surface area contributed by atoms with Crippen LogP contribution in [0.1, 0.15) is 12.6 Å². The molecule has 18 heteroatoms. The van der Waals surface area contributed by atoms with Gasteiger partial charge in [-0.3, -0.25) is 23.2 Å². The maximum atomic E-state index is 12.3. The zero-order valence-electron chi connectivity index (χ0n) is 18.9. The lowest BCUT2D eigenvalue weighted by molar-refractivity contribution is -0.233. The van der Waals surface area contributed by atoms with Gasteiger partial charge in [-0.15, -0.1) is 0 Å². The number of nitrogens with zero attached hydrogens (tertiary/aromatic N) is 1. The number of rotatable bonds is 11. The molecule has 0 bridgehead atoms. The molecule has 2 heterocycles. The number of carbonyl (C=O) groups excluding carboxylic acids is 1. The SMILES string of the molecule is NCCCP(=O)([O-])OP(=O)([O-])OC[C@H]1O[C@@H](n2ccc(=O)[nH]c2=O)[C@@H](OC(=O)Oc2ccccc2)C1O. The number of ether oxygens (including phenoxy) is 3. The summed E-state index contributed by atoms with van der Waals surface area (Å²) in [6, 6.07) is 8.65. The molecule has 1 aliphatic rings. The van der Waals surface area contributed by atoms with Gasteiger partial charge in [0.1, 0.15) is 25.6 Å². The van der Waals surface area contributed by atoms with E-state index in [0.29, 0.717) is 0 Å². The van der Waals surface area contributed by atoms with Crippen LogP contribution in [-0.2, 0) is 27.4 Å². The number of aromatic amines is 1. The third-order valence-corrected chi connectivity index (χ3v) is 8.00. The van der Waals surface area contributed by atoms with Gasteiger partial charge in [0, 0.05) is 18.4 Å². The molecule has 204 valence electrons. The number of benzene rings is 1. The monoisotopic (exact) mass is 563 g/mol. The number of aromatic nitrogens is 2. The highest BCUT2D eigenvalue weighted by Crippen LogP contribution is 2.55. The third-order valence-electron chi connectivity index (χ3n) is 4.87. The minimum absolute atomic E-state index is 0.0265. The van der Waals surface area contributed by atoms with E-state index in [2.05, 4.69) is 8.83 Å². The molecule has 3 rings (SSSR count). The van der Waals surface area contributed by atoms with Crippen molar-refractivity contribution in [2.75, 3.05) is 19.3 Å². The second-order valence-electron chi connectivity index (χ2n) is 7.62. The van der Waals surface area contributed by atoms with E-state index in [9.17, 15) is 38.4 Å². The van der Waals surface area contributed by atoms with Crippen molar-refractivity contribution in [3.05, 3.63) is 63.4 Å². The van der Waals surface area contributed by atoms with Crippen LogP contribution in [0.3, 0.4) is 0 Å². The average Bonchev–Trinajstić information content (AvgIpc) is 3.11. The first kappa shape index (κ1) is 28.9. The maximum Gasteiger partial charge on any atom is 0.514 e. The Bertz CT molecular complexity index is 1280. The molecule has 0 aliphatic carbocycles. The summed E-state index contributed by atoms with van der Waals surface area (Å²) in [7, 11) is -10.3. The number of aliphatic hydroxyl groups excluding tert-OH is 1. The maximum absolute atomic E-state index is 12.3. The first-order valence-corrected chi connectivity index (χ1v) is 13.9. The Labute approximate surface area is 208 Å². The summed E-state index contributed by atoms with van der Waals surface area (Å²) in [4.78, 5) is 61.8. The predicted molar refractivity (Wildman–Crippen MR) is 119 cm³/mol. The Balaban J connectivity index is 1.76. The molecule has 1 aromatic carbocycles. The Morgan fingerprint density at radius 2 is 1.89 bits per heavy atom. The van der Waals surface area contributed by atoms with E-state index < -0.39 is 70.1 Å². The summed E-state index contributed by atoms with van der Waals surface area (Å²) in [6.07, 6.45) is -7.62. The topological polar surface area (TPSA) is 245 Å². The summed E-state index contributed by atoms with van der Waals surface area (Å²) >= 11 is 0. The van der Waals surface area contributed by atoms with Gasteiger partial charge in [-0.2, -0.15) is 0 Å². The predicted octanol–water partition coefficient (Wildman–Crippen LogP) is -1.22. The molecule has 0 saturated carbocycles. The van der Waals surface area contributed by atoms with Gasteiger partial charge in [0.15, 0.2) is 12.3 Å². The van der Waals surface area contributed by atoms with Crippen molar-refractivity contribution in [1.82, 2.24) is 9.55 Å². The van der Waals surface area contributed by atoms with Crippen LogP contribution in [0.2, 0.25) is 0 Å². The molecule has 0 spiro atoms. The minimum Gasteiger partial charge on any atom is -0.778 e. The van der Waals surface area contributed by atoms with E-state index in [4.69, 9.17) is 19.9 Å². The van der Waals surface area contributed by atoms with E-state index in [-0.39, 0.29) is 18.7 Å². The lowest BCUT2D eigenvalue weighted by Gasteiger charge is -2.32. The second kappa shape index (κ2) is 12.3. The number of hydrogen-bond donors (Lipinski definition) is 3. The van der Waals surface area contributed by atoms with Crippen LogP contribution < -0.4 is 31.5 Å². The third kappa shape index (κ3) is 8.17. The Kier molecular flexibility index (Phi) is 9.58. The summed E-state index contributed by atoms with van der Waals surface area (Å²) in [5, 5.41) is 10.7. The molecule has 1 aliphatic heterocycles. The number of nitrogens with one attached hydrogen (secondary N) is 1. The Morgan fingerprint density at radius 1 is 1.19 bits per heavy atom. The van der Waals surface area contributed by atoms with Gasteiger partial charge in [-0.1, -0.05) is 18.2 Å². The largest absolute Gasteiger partial charge is 0.778 e. The molecule has 16 nitrogen and oxygen atoms in total. The van der Waals surface area contributed by atoms with Crippen molar-refractivity contribution in [3.63, 3.8) is 0 Å². The minimum atomic E-state index is -5.44. The molecule has 4 N–H and O–H groups in total. The molecule has 1 aromatic heterocycles. The second-order valence-corrected chi connectivity index (χ2v) is 11.1. The molecule has 1 fully saturated rings. The van der Waals surface area contributed by atoms with Gasteiger partial charge < -0.3 is 43.9 Å². The molecule has 37 heavy (non-hydrogen) atoms. The fraction of sp³-hybridized carbons (Fsp3) is 0.421. The van der Waals surface area contributed by atoms with Crippen LogP contribution in [0.15, 0.2) is 52.2 Å². The van der Waals surface area contributed by atoms with Crippen LogP contribution >= 0.6 is 15.4 Å². The van der Waals surface area contributed by atoms with Crippen molar-refractivity contribution >= 4 is 21.6 Å². The fourth-order valence-electron chi connectivity index (χ4n) is 3.22. The summed E-state index contributed by atoms with van der Waals surface area (Å²) in [6.45, 7) is -1.01. The van der Waals surface area contributed by atoms with Crippen molar-refractivity contribution in [2.24, 2.45) is 5.73 Å². The Morgan fingerprint density at radius 3 is 2.54 bits per heavy atom. The van der Waals surface area contributed by atoms with E-state index >= 15 is 0 Å². The van der Waals surface area contributed by atoms with E-state index in [0.717, 1.165) is 16.8 Å². The summed E-state index contributed by atoms with van der Waals surface area (Å²) in [5.74, 6) is 0.0969. The average molecular weight is 563 g/mol. The lowest BCUT2D eigenvalue weighted by atomic mass is 10.1. The van der Waals surface area contributed by atoms with Crippen LogP contribution in [-0.4, -0.2) is 58.4 Å². The molecule has 0 amide bonds. The van der Waals surface area contributed by atoms with Gasteiger partial charge in [-0.25, -0.2) is 9.59 Å². The smallest absolute Gasteiger partial charge is 0.514 e. The van der Waals surface area contributed by atoms with Gasteiger partial charge in [0.05, 0.1) is 6.61 Å². The number of aliphatic hydroxyl groups is 1. The number of H-pyrrole nitrogens is 1. The van der Waals surface area contributed by atoms with Crippen LogP contribution in [0.4, 0.5) is 4.79 Å². The van der Waals surface area contributed by atoms with Crippen molar-refractivity contribution in [1.29, 1.82) is 0 Å². The molecular formula is C19H23N3O13P2-2. The number of para-hydroxylation sites is 1. The molecule has 1 saturated heterocycles. The first-order chi connectivity index (χ1) is 17.4. The first-order valence-electron chi connectivity index (χ1n) is 10.7. The van der Waals surface area contributed by atoms with Gasteiger partial charge in [0.25, 0.3) is 13.4 Å². The molecule has 0 radical (unpaired) electrons. The lowest BCUT2D eigenvalue weighted by Crippen LogP contribution is -2.41. The number of phosphoric ester groups is 1. The van der Waals surface area contributed by atoms with Gasteiger partial charge in [-0.05, 0) is 25.1 Å². The van der Waals surface area contributed by atoms with Crippen LogP contribution in [0.5, 0.6) is 5.75 Å².